The summed E-state index contributed by atoms with van der Waals surface area (Å²) in [5.74, 6) is 1.64. The molecule has 1 aliphatic rings. The smallest absolute Gasteiger partial charge is 0.253 e. The van der Waals surface area contributed by atoms with Crippen LogP contribution in [0, 0.1) is 0 Å². The van der Waals surface area contributed by atoms with Crippen molar-refractivity contribution in [3.63, 3.8) is 0 Å². The minimum Gasteiger partial charge on any atom is -0.457 e. The van der Waals surface area contributed by atoms with Crippen molar-refractivity contribution in [2.45, 2.75) is 26.2 Å². The maximum atomic E-state index is 12.9. The Kier molecular flexibility index (Phi) is 7.27. The molecule has 2 aromatic carbocycles. The number of nitrogens with one attached hydrogen (secondary N) is 2. The highest BCUT2D eigenvalue weighted by molar-refractivity contribution is 6.07. The maximum Gasteiger partial charge on any atom is 0.253 e. The van der Waals surface area contributed by atoms with Gasteiger partial charge in [-0.05, 0) is 52.9 Å². The van der Waals surface area contributed by atoms with Gasteiger partial charge in [0.1, 0.15) is 23.0 Å². The van der Waals surface area contributed by atoms with E-state index >= 15 is 0 Å². The number of carbonyl (C=O) groups is 1. The van der Waals surface area contributed by atoms with Crippen molar-refractivity contribution in [3.05, 3.63) is 89.3 Å². The van der Waals surface area contributed by atoms with Crippen LogP contribution < -0.4 is 15.4 Å². The van der Waals surface area contributed by atoms with Gasteiger partial charge in [-0.25, -0.2) is 0 Å². The summed E-state index contributed by atoms with van der Waals surface area (Å²) in [5, 5.41) is 16.0. The zero-order chi connectivity index (χ0) is 24.8. The van der Waals surface area contributed by atoms with Gasteiger partial charge in [0.15, 0.2) is 0 Å². The van der Waals surface area contributed by atoms with Crippen LogP contribution in [0.25, 0.3) is 6.08 Å². The van der Waals surface area contributed by atoms with E-state index in [2.05, 4.69) is 41.4 Å². The van der Waals surface area contributed by atoms with Gasteiger partial charge in [0.05, 0.1) is 13.2 Å². The highest BCUT2D eigenvalue weighted by atomic mass is 16.5. The van der Waals surface area contributed by atoms with Crippen molar-refractivity contribution in [1.82, 2.24) is 10.3 Å². The van der Waals surface area contributed by atoms with Crippen LogP contribution in [-0.4, -0.2) is 41.5 Å². The van der Waals surface area contributed by atoms with E-state index in [4.69, 9.17) is 4.74 Å². The third-order valence-electron chi connectivity index (χ3n) is 5.53. The highest BCUT2D eigenvalue weighted by Crippen LogP contribution is 2.26. The lowest BCUT2D eigenvalue weighted by atomic mass is 9.87. The Balaban J connectivity index is 1.49. The number of anilines is 1. The van der Waals surface area contributed by atoms with E-state index in [1.54, 1.807) is 18.3 Å². The normalized spacial score (nSPS) is 13.7. The fraction of sp³-hybridized carbons (Fsp3) is 0.250. The second kappa shape index (κ2) is 10.5. The van der Waals surface area contributed by atoms with Gasteiger partial charge in [0.25, 0.3) is 5.91 Å². The fourth-order valence-corrected chi connectivity index (χ4v) is 3.64. The number of hydrogen-bond donors (Lipinski definition) is 3. The summed E-state index contributed by atoms with van der Waals surface area (Å²) in [6, 6.07) is 18.7. The van der Waals surface area contributed by atoms with Gasteiger partial charge in [-0.3, -0.25) is 14.8 Å². The summed E-state index contributed by atoms with van der Waals surface area (Å²) in [6.45, 7) is 7.51. The average Bonchev–Trinajstić information content (AvgIpc) is 3.38. The lowest BCUT2D eigenvalue weighted by molar-refractivity contribution is -0.113. The third-order valence-corrected chi connectivity index (χ3v) is 5.53. The zero-order valence-electron chi connectivity index (χ0n) is 20.2. The van der Waals surface area contributed by atoms with Crippen LogP contribution in [0.3, 0.4) is 0 Å². The molecule has 0 unspecified atom stereocenters. The van der Waals surface area contributed by atoms with E-state index in [1.165, 1.54) is 0 Å². The van der Waals surface area contributed by atoms with Crippen LogP contribution in [0.15, 0.2) is 77.4 Å². The Labute approximate surface area is 205 Å². The molecular formula is C28H30N4O3. The van der Waals surface area contributed by atoms with Crippen molar-refractivity contribution in [2.75, 3.05) is 25.0 Å². The number of nitrogens with zero attached hydrogens (tertiary/aromatic N) is 2. The first-order valence-electron chi connectivity index (χ1n) is 11.6. The quantitative estimate of drug-likeness (QED) is 0.441. The Morgan fingerprint density at radius 1 is 1.11 bits per heavy atom. The molecule has 1 aliphatic heterocycles. The summed E-state index contributed by atoms with van der Waals surface area (Å²) in [5.41, 5.74) is 3.48. The van der Waals surface area contributed by atoms with E-state index < -0.39 is 6.61 Å². The van der Waals surface area contributed by atoms with Gasteiger partial charge in [-0.2, -0.15) is 0 Å². The lowest BCUT2D eigenvalue weighted by Crippen LogP contribution is -2.20. The number of aliphatic hydroxyl groups excluding tert-OH is 1. The number of aliphatic imine (C=N–C) groups is 1. The molecule has 7 heteroatoms. The number of benzene rings is 2. The van der Waals surface area contributed by atoms with Crippen LogP contribution in [-0.2, 0) is 10.2 Å². The van der Waals surface area contributed by atoms with E-state index in [0.29, 0.717) is 17.2 Å². The van der Waals surface area contributed by atoms with E-state index in [-0.39, 0.29) is 16.9 Å². The molecule has 180 valence electrons. The summed E-state index contributed by atoms with van der Waals surface area (Å²) in [4.78, 5) is 21.6. The molecule has 1 amide bonds. The molecule has 0 aliphatic carbocycles. The van der Waals surface area contributed by atoms with E-state index in [1.807, 2.05) is 54.6 Å². The molecule has 0 saturated heterocycles. The largest absolute Gasteiger partial charge is 0.457 e. The van der Waals surface area contributed by atoms with Crippen molar-refractivity contribution in [2.24, 2.45) is 4.99 Å². The second-order valence-corrected chi connectivity index (χ2v) is 9.32. The monoisotopic (exact) mass is 470 g/mol. The predicted molar refractivity (Wildman–Crippen MR) is 139 cm³/mol. The number of amides is 1. The molecule has 7 nitrogen and oxygen atoms in total. The highest BCUT2D eigenvalue weighted by Gasteiger charge is 2.15. The molecule has 0 fully saturated rings. The molecule has 3 aromatic rings. The predicted octanol–water partition coefficient (Wildman–Crippen LogP) is 4.54. The number of rotatable bonds is 7. The Morgan fingerprint density at radius 2 is 1.91 bits per heavy atom. The molecule has 0 atom stereocenters. The molecule has 0 saturated carbocycles. The summed E-state index contributed by atoms with van der Waals surface area (Å²) in [7, 11) is 0. The third kappa shape index (κ3) is 6.33. The van der Waals surface area contributed by atoms with Gasteiger partial charge in [0, 0.05) is 30.1 Å². The van der Waals surface area contributed by atoms with Gasteiger partial charge in [-0.15, -0.1) is 0 Å². The number of amidine groups is 1. The summed E-state index contributed by atoms with van der Waals surface area (Å²) >= 11 is 0. The standard InChI is InChI=1S/C28H30N4O3/c1-28(2,3)21-7-5-8-22(16-21)32-27(34)20(18-33)14-19-6-4-9-23(15-19)35-24-10-11-29-25(17-24)26-30-12-13-31-26/h4-11,14-17,33H,12-13,18H2,1-3H3,(H,30,31)(H,32,34). The van der Waals surface area contributed by atoms with Crippen molar-refractivity contribution in [1.29, 1.82) is 0 Å². The number of carbonyl (C=O) groups excluding carboxylic acids is 1. The van der Waals surface area contributed by atoms with E-state index in [9.17, 15) is 9.90 Å². The molecule has 0 radical (unpaired) electrons. The molecule has 35 heavy (non-hydrogen) atoms. The van der Waals surface area contributed by atoms with Crippen molar-refractivity contribution < 1.29 is 14.6 Å². The first kappa shape index (κ1) is 24.2. The fourth-order valence-electron chi connectivity index (χ4n) is 3.64. The van der Waals surface area contributed by atoms with Crippen molar-refractivity contribution in [3.8, 4) is 11.5 Å². The van der Waals surface area contributed by atoms with Crippen LogP contribution in [0.4, 0.5) is 5.69 Å². The molecule has 0 spiro atoms. The first-order valence-corrected chi connectivity index (χ1v) is 11.6. The van der Waals surface area contributed by atoms with Crippen LogP contribution in [0.5, 0.6) is 11.5 Å². The molecule has 1 aromatic heterocycles. The first-order chi connectivity index (χ1) is 16.8. The topological polar surface area (TPSA) is 95.8 Å². The lowest BCUT2D eigenvalue weighted by Gasteiger charge is -2.20. The molecule has 3 N–H and O–H groups in total. The summed E-state index contributed by atoms with van der Waals surface area (Å²) in [6.07, 6.45) is 3.34. The maximum absolute atomic E-state index is 12.9. The number of aromatic nitrogens is 1. The summed E-state index contributed by atoms with van der Waals surface area (Å²) < 4.78 is 6.02. The number of ether oxygens (including phenoxy) is 1. The number of pyridine rings is 1. The SMILES string of the molecule is CC(C)(C)c1cccc(NC(=O)C(=Cc2cccc(Oc3ccnc(C4=NCCN4)c3)c2)CO)c1. The minimum absolute atomic E-state index is 0.0343. The second-order valence-electron chi connectivity index (χ2n) is 9.32. The van der Waals surface area contributed by atoms with Crippen LogP contribution >= 0.6 is 0 Å². The Morgan fingerprint density at radius 3 is 2.66 bits per heavy atom. The molecule has 0 bridgehead atoms. The van der Waals surface area contributed by atoms with E-state index in [0.717, 1.165) is 35.7 Å². The molecular weight excluding hydrogens is 440 g/mol. The minimum atomic E-state index is -0.390. The van der Waals surface area contributed by atoms with Gasteiger partial charge < -0.3 is 20.5 Å². The van der Waals surface area contributed by atoms with Crippen LogP contribution in [0.2, 0.25) is 0 Å². The van der Waals surface area contributed by atoms with Crippen molar-refractivity contribution >= 4 is 23.5 Å². The van der Waals surface area contributed by atoms with Crippen LogP contribution in [0.1, 0.15) is 37.6 Å². The Hall–Kier alpha value is -3.97. The van der Waals surface area contributed by atoms with Gasteiger partial charge >= 0.3 is 0 Å². The number of hydrogen-bond acceptors (Lipinski definition) is 6. The van der Waals surface area contributed by atoms with Gasteiger partial charge in [0.2, 0.25) is 0 Å². The molecule has 2 heterocycles. The zero-order valence-corrected chi connectivity index (χ0v) is 20.2. The number of aliphatic hydroxyl groups is 1. The van der Waals surface area contributed by atoms with Gasteiger partial charge in [-0.1, -0.05) is 45.0 Å². The Bertz CT molecular complexity index is 1270. The average molecular weight is 471 g/mol. The molecule has 4 rings (SSSR count).